The number of halogens is 1. The molecular formula is C11H11BrN2O. The summed E-state index contributed by atoms with van der Waals surface area (Å²) in [5, 5.41) is 11.1. The maximum Gasteiger partial charge on any atom is 0.238 e. The zero-order valence-corrected chi connectivity index (χ0v) is 10.2. The molecule has 1 rings (SSSR count). The largest absolute Gasteiger partial charge is 0.325 e. The Hall–Kier alpha value is -1.34. The van der Waals surface area contributed by atoms with Crippen LogP contribution in [0.25, 0.3) is 0 Å². The molecule has 1 N–H and O–H groups in total. The minimum Gasteiger partial charge on any atom is -0.325 e. The van der Waals surface area contributed by atoms with Gasteiger partial charge in [0, 0.05) is 10.2 Å². The van der Waals surface area contributed by atoms with Crippen LogP contribution in [0, 0.1) is 25.2 Å². The zero-order chi connectivity index (χ0) is 11.4. The van der Waals surface area contributed by atoms with E-state index in [0.717, 1.165) is 21.3 Å². The minimum atomic E-state index is -0.276. The lowest BCUT2D eigenvalue weighted by molar-refractivity contribution is -0.115. The molecule has 0 unspecified atom stereocenters. The maximum absolute atomic E-state index is 11.2. The molecule has 1 amide bonds. The van der Waals surface area contributed by atoms with E-state index in [2.05, 4.69) is 21.2 Å². The lowest BCUT2D eigenvalue weighted by atomic mass is 10.1. The molecule has 0 aliphatic carbocycles. The van der Waals surface area contributed by atoms with E-state index in [-0.39, 0.29) is 12.3 Å². The molecule has 1 aromatic carbocycles. The van der Waals surface area contributed by atoms with Gasteiger partial charge in [-0.25, -0.2) is 0 Å². The highest BCUT2D eigenvalue weighted by atomic mass is 79.9. The Morgan fingerprint density at radius 1 is 1.47 bits per heavy atom. The highest BCUT2D eigenvalue weighted by Gasteiger charge is 2.07. The van der Waals surface area contributed by atoms with Gasteiger partial charge < -0.3 is 5.32 Å². The molecule has 0 saturated carbocycles. The van der Waals surface area contributed by atoms with Crippen molar-refractivity contribution in [1.29, 1.82) is 5.26 Å². The Kier molecular flexibility index (Phi) is 3.87. The Morgan fingerprint density at radius 2 is 2.13 bits per heavy atom. The molecule has 1 aromatic rings. The van der Waals surface area contributed by atoms with Gasteiger partial charge in [-0.2, -0.15) is 5.26 Å². The van der Waals surface area contributed by atoms with Crippen LogP contribution >= 0.6 is 15.9 Å². The number of rotatable bonds is 2. The number of nitrogens with one attached hydrogen (secondary N) is 1. The third-order valence-corrected chi connectivity index (χ3v) is 3.09. The number of benzene rings is 1. The van der Waals surface area contributed by atoms with Gasteiger partial charge in [0.25, 0.3) is 0 Å². The van der Waals surface area contributed by atoms with Crippen LogP contribution in [0.2, 0.25) is 0 Å². The van der Waals surface area contributed by atoms with Gasteiger partial charge in [-0.1, -0.05) is 15.9 Å². The van der Waals surface area contributed by atoms with Gasteiger partial charge in [0.15, 0.2) is 0 Å². The van der Waals surface area contributed by atoms with Crippen molar-refractivity contribution in [3.63, 3.8) is 0 Å². The number of hydrogen-bond donors (Lipinski definition) is 1. The van der Waals surface area contributed by atoms with Crippen molar-refractivity contribution in [3.8, 4) is 6.07 Å². The van der Waals surface area contributed by atoms with E-state index in [1.165, 1.54) is 0 Å². The Balaban J connectivity index is 2.93. The molecule has 0 heterocycles. The second-order valence-corrected chi connectivity index (χ2v) is 4.08. The molecule has 0 aliphatic rings. The topological polar surface area (TPSA) is 52.9 Å². The second kappa shape index (κ2) is 4.94. The summed E-state index contributed by atoms with van der Waals surface area (Å²) in [4.78, 5) is 11.2. The molecule has 0 atom stereocenters. The van der Waals surface area contributed by atoms with Crippen molar-refractivity contribution >= 4 is 27.5 Å². The third kappa shape index (κ3) is 2.80. The normalized spacial score (nSPS) is 9.47. The van der Waals surface area contributed by atoms with Gasteiger partial charge in [0.2, 0.25) is 5.91 Å². The van der Waals surface area contributed by atoms with Crippen molar-refractivity contribution in [2.45, 2.75) is 20.3 Å². The van der Waals surface area contributed by atoms with Crippen molar-refractivity contribution in [1.82, 2.24) is 0 Å². The summed E-state index contributed by atoms with van der Waals surface area (Å²) in [6, 6.07) is 5.51. The van der Waals surface area contributed by atoms with Gasteiger partial charge >= 0.3 is 0 Å². The van der Waals surface area contributed by atoms with E-state index in [4.69, 9.17) is 5.26 Å². The first kappa shape index (κ1) is 11.7. The van der Waals surface area contributed by atoms with Crippen molar-refractivity contribution in [3.05, 3.63) is 27.7 Å². The van der Waals surface area contributed by atoms with Gasteiger partial charge in [-0.05, 0) is 37.1 Å². The summed E-state index contributed by atoms with van der Waals surface area (Å²) < 4.78 is 1.01. The van der Waals surface area contributed by atoms with Crippen LogP contribution in [0.5, 0.6) is 0 Å². The van der Waals surface area contributed by atoms with Crippen LogP contribution in [0.3, 0.4) is 0 Å². The summed E-state index contributed by atoms with van der Waals surface area (Å²) in [5.41, 5.74) is 2.86. The van der Waals surface area contributed by atoms with Crippen molar-refractivity contribution < 1.29 is 4.79 Å². The van der Waals surface area contributed by atoms with Gasteiger partial charge in [-0.3, -0.25) is 4.79 Å². The van der Waals surface area contributed by atoms with E-state index in [1.54, 1.807) is 0 Å². The number of amides is 1. The highest BCUT2D eigenvalue weighted by Crippen LogP contribution is 2.25. The Labute approximate surface area is 97.2 Å². The molecule has 0 aliphatic heterocycles. The van der Waals surface area contributed by atoms with Crippen molar-refractivity contribution in [2.24, 2.45) is 0 Å². The van der Waals surface area contributed by atoms with Crippen LogP contribution in [0.1, 0.15) is 17.5 Å². The molecule has 15 heavy (non-hydrogen) atoms. The maximum atomic E-state index is 11.2. The Bertz CT molecular complexity index is 435. The fraction of sp³-hybridized carbons (Fsp3) is 0.273. The van der Waals surface area contributed by atoms with Crippen LogP contribution in [-0.2, 0) is 4.79 Å². The van der Waals surface area contributed by atoms with E-state index in [0.29, 0.717) is 0 Å². The standard InChI is InChI=1S/C11H11BrN2O/c1-7-8(2)10(4-3-9(7)12)14-11(15)5-6-13/h3-4H,5H2,1-2H3,(H,14,15). The summed E-state index contributed by atoms with van der Waals surface area (Å²) in [6.07, 6.45) is -0.117. The number of nitriles is 1. The van der Waals surface area contributed by atoms with E-state index < -0.39 is 0 Å². The van der Waals surface area contributed by atoms with Gasteiger partial charge in [-0.15, -0.1) is 0 Å². The van der Waals surface area contributed by atoms with Crippen LogP contribution in [0.15, 0.2) is 16.6 Å². The zero-order valence-electron chi connectivity index (χ0n) is 8.60. The predicted octanol–water partition coefficient (Wildman–Crippen LogP) is 2.92. The average molecular weight is 267 g/mol. The van der Waals surface area contributed by atoms with Crippen molar-refractivity contribution in [2.75, 3.05) is 5.32 Å². The van der Waals surface area contributed by atoms with Crippen LogP contribution < -0.4 is 5.32 Å². The van der Waals surface area contributed by atoms with Gasteiger partial charge in [0.1, 0.15) is 6.42 Å². The molecule has 0 saturated heterocycles. The summed E-state index contributed by atoms with van der Waals surface area (Å²) in [7, 11) is 0. The molecule has 78 valence electrons. The molecular weight excluding hydrogens is 256 g/mol. The Morgan fingerprint density at radius 3 is 2.73 bits per heavy atom. The predicted molar refractivity (Wildman–Crippen MR) is 62.5 cm³/mol. The smallest absolute Gasteiger partial charge is 0.238 e. The quantitative estimate of drug-likeness (QED) is 0.895. The fourth-order valence-electron chi connectivity index (χ4n) is 1.19. The minimum absolute atomic E-state index is 0.117. The highest BCUT2D eigenvalue weighted by molar-refractivity contribution is 9.10. The molecule has 0 bridgehead atoms. The summed E-state index contributed by atoms with van der Waals surface area (Å²) in [6.45, 7) is 3.90. The number of hydrogen-bond acceptors (Lipinski definition) is 2. The van der Waals surface area contributed by atoms with E-state index in [1.807, 2.05) is 32.0 Å². The molecule has 0 spiro atoms. The first-order valence-electron chi connectivity index (χ1n) is 4.48. The van der Waals surface area contributed by atoms with Crippen LogP contribution in [-0.4, -0.2) is 5.91 Å². The first-order chi connectivity index (χ1) is 7.06. The molecule has 3 nitrogen and oxygen atoms in total. The lowest BCUT2D eigenvalue weighted by Gasteiger charge is -2.10. The van der Waals surface area contributed by atoms with E-state index in [9.17, 15) is 4.79 Å². The monoisotopic (exact) mass is 266 g/mol. The number of carbonyl (C=O) groups is 1. The summed E-state index contributed by atoms with van der Waals surface area (Å²) in [5.74, 6) is -0.276. The molecule has 4 heteroatoms. The van der Waals surface area contributed by atoms with Crippen LogP contribution in [0.4, 0.5) is 5.69 Å². The summed E-state index contributed by atoms with van der Waals surface area (Å²) >= 11 is 3.41. The molecule has 0 fully saturated rings. The van der Waals surface area contributed by atoms with E-state index >= 15 is 0 Å². The molecule has 0 radical (unpaired) electrons. The van der Waals surface area contributed by atoms with Gasteiger partial charge in [0.05, 0.1) is 6.07 Å². The SMILES string of the molecule is Cc1c(Br)ccc(NC(=O)CC#N)c1C. The fourth-order valence-corrected chi connectivity index (χ4v) is 1.62. The number of carbonyl (C=O) groups excluding carboxylic acids is 1. The second-order valence-electron chi connectivity index (χ2n) is 3.23. The number of anilines is 1. The number of nitrogens with zero attached hydrogens (tertiary/aromatic N) is 1. The third-order valence-electron chi connectivity index (χ3n) is 2.23. The molecule has 0 aromatic heterocycles. The lowest BCUT2D eigenvalue weighted by Crippen LogP contribution is -2.11. The first-order valence-corrected chi connectivity index (χ1v) is 5.28. The average Bonchev–Trinajstić information content (AvgIpc) is 2.20.